The van der Waals surface area contributed by atoms with Crippen LogP contribution in [0.2, 0.25) is 0 Å². The Labute approximate surface area is 115 Å². The maximum atomic E-state index is 12.3. The molecule has 0 spiro atoms. The molecule has 0 N–H and O–H groups in total. The molecule has 1 atom stereocenters. The van der Waals surface area contributed by atoms with E-state index in [0.717, 1.165) is 10.0 Å². The molecule has 2 rings (SSSR count). The van der Waals surface area contributed by atoms with Crippen LogP contribution >= 0.6 is 15.9 Å². The minimum atomic E-state index is -3.57. The van der Waals surface area contributed by atoms with Crippen LogP contribution in [0.3, 0.4) is 0 Å². The lowest BCUT2D eigenvalue weighted by Gasteiger charge is -2.21. The van der Waals surface area contributed by atoms with Crippen molar-refractivity contribution >= 4 is 31.6 Å². The van der Waals surface area contributed by atoms with Gasteiger partial charge < -0.3 is 0 Å². The fourth-order valence-corrected chi connectivity index (χ4v) is 4.19. The van der Waals surface area contributed by atoms with E-state index in [-0.39, 0.29) is 0 Å². The Morgan fingerprint density at radius 1 is 1.56 bits per heavy atom. The van der Waals surface area contributed by atoms with Gasteiger partial charge in [0.15, 0.2) is 5.25 Å². The van der Waals surface area contributed by atoms with Gasteiger partial charge in [0.05, 0.1) is 11.8 Å². The van der Waals surface area contributed by atoms with Gasteiger partial charge in [-0.25, -0.2) is 8.42 Å². The molecule has 1 heterocycles. The second-order valence-electron chi connectivity index (χ2n) is 4.17. The zero-order valence-electron chi connectivity index (χ0n) is 9.93. The van der Waals surface area contributed by atoms with Gasteiger partial charge in [0, 0.05) is 11.0 Å². The Bertz CT molecular complexity index is 607. The summed E-state index contributed by atoms with van der Waals surface area (Å²) in [5.74, 6) is 0. The molecule has 0 amide bonds. The van der Waals surface area contributed by atoms with Crippen LogP contribution in [0.5, 0.6) is 0 Å². The summed E-state index contributed by atoms with van der Waals surface area (Å²) >= 11 is 3.37. The molecule has 0 saturated carbocycles. The molecule has 0 unspecified atom stereocenters. The summed E-state index contributed by atoms with van der Waals surface area (Å²) in [5.41, 5.74) is 1.70. The number of nitriles is 1. The molecule has 0 fully saturated rings. The average molecular weight is 329 g/mol. The van der Waals surface area contributed by atoms with Crippen LogP contribution < -0.4 is 4.31 Å². The minimum absolute atomic E-state index is 0.307. The fraction of sp³-hybridized carbons (Fsp3) is 0.417. The van der Waals surface area contributed by atoms with E-state index in [2.05, 4.69) is 15.9 Å². The van der Waals surface area contributed by atoms with Crippen LogP contribution in [-0.4, -0.2) is 20.2 Å². The highest BCUT2D eigenvalue weighted by Gasteiger charge is 2.35. The summed E-state index contributed by atoms with van der Waals surface area (Å²) in [6.07, 6.45) is 0.997. The van der Waals surface area contributed by atoms with Crippen LogP contribution in [0.25, 0.3) is 0 Å². The largest absolute Gasteiger partial charge is 0.269 e. The van der Waals surface area contributed by atoms with E-state index < -0.39 is 15.3 Å². The molecule has 96 valence electrons. The number of sulfonamides is 1. The number of anilines is 1. The molecule has 0 aromatic heterocycles. The Balaban J connectivity index is 2.43. The number of hydrogen-bond donors (Lipinski definition) is 0. The van der Waals surface area contributed by atoms with Crippen LogP contribution in [0.15, 0.2) is 22.7 Å². The third kappa shape index (κ3) is 2.13. The topological polar surface area (TPSA) is 61.2 Å². The molecule has 1 aliphatic rings. The molecular weight excluding hydrogens is 316 g/mol. The zero-order chi connectivity index (χ0) is 13.3. The second kappa shape index (κ2) is 4.90. The summed E-state index contributed by atoms with van der Waals surface area (Å²) in [6.45, 7) is 2.14. The number of benzene rings is 1. The minimum Gasteiger partial charge on any atom is -0.269 e. The van der Waals surface area contributed by atoms with Crippen molar-refractivity contribution in [1.29, 1.82) is 5.26 Å². The maximum absolute atomic E-state index is 12.3. The van der Waals surface area contributed by atoms with Crippen molar-refractivity contribution in [3.63, 3.8) is 0 Å². The highest BCUT2D eigenvalue weighted by Crippen LogP contribution is 2.33. The molecule has 0 radical (unpaired) electrons. The first-order valence-electron chi connectivity index (χ1n) is 5.70. The SMILES string of the molecule is CC[C@@H](C#N)S(=O)(=O)N1CCc2cc(Br)ccc21. The fourth-order valence-electron chi connectivity index (χ4n) is 2.13. The lowest BCUT2D eigenvalue weighted by atomic mass is 10.2. The number of hydrogen-bond acceptors (Lipinski definition) is 3. The van der Waals surface area contributed by atoms with Gasteiger partial charge in [-0.15, -0.1) is 0 Å². The van der Waals surface area contributed by atoms with E-state index in [9.17, 15) is 8.42 Å². The monoisotopic (exact) mass is 328 g/mol. The van der Waals surface area contributed by atoms with Crippen molar-refractivity contribution in [3.8, 4) is 6.07 Å². The summed E-state index contributed by atoms with van der Waals surface area (Å²) in [4.78, 5) is 0. The second-order valence-corrected chi connectivity index (χ2v) is 7.12. The van der Waals surface area contributed by atoms with Crippen molar-refractivity contribution in [3.05, 3.63) is 28.2 Å². The standard InChI is InChI=1S/C12H13BrN2O2S/c1-2-11(8-14)18(16,17)15-6-5-9-7-10(13)3-4-12(9)15/h3-4,7,11H,2,5-6H2,1H3/t11-/m0/s1. The number of rotatable bonds is 3. The summed E-state index contributed by atoms with van der Waals surface area (Å²) < 4.78 is 27.0. The molecule has 6 heteroatoms. The molecular formula is C12H13BrN2O2S. The molecule has 0 aliphatic carbocycles. The number of halogens is 1. The molecule has 1 aliphatic heterocycles. The van der Waals surface area contributed by atoms with Gasteiger partial charge in [-0.3, -0.25) is 4.31 Å². The van der Waals surface area contributed by atoms with E-state index >= 15 is 0 Å². The Morgan fingerprint density at radius 2 is 2.28 bits per heavy atom. The van der Waals surface area contributed by atoms with E-state index in [1.165, 1.54) is 4.31 Å². The normalized spacial score (nSPS) is 16.2. The molecule has 0 saturated heterocycles. The molecule has 1 aromatic rings. The third-order valence-corrected chi connectivity index (χ3v) is 5.72. The Hall–Kier alpha value is -1.06. The molecule has 1 aromatic carbocycles. The van der Waals surface area contributed by atoms with Crippen molar-refractivity contribution in [2.45, 2.75) is 25.0 Å². The van der Waals surface area contributed by atoms with Gasteiger partial charge in [0.2, 0.25) is 0 Å². The first-order valence-corrected chi connectivity index (χ1v) is 8.00. The van der Waals surface area contributed by atoms with Gasteiger partial charge in [-0.05, 0) is 36.6 Å². The average Bonchev–Trinajstić information content (AvgIpc) is 2.73. The lowest BCUT2D eigenvalue weighted by Crippen LogP contribution is -2.36. The summed E-state index contributed by atoms with van der Waals surface area (Å²) in [5, 5.41) is 7.99. The van der Waals surface area contributed by atoms with Gasteiger partial charge in [0.25, 0.3) is 10.0 Å². The molecule has 18 heavy (non-hydrogen) atoms. The first-order chi connectivity index (χ1) is 8.50. The van der Waals surface area contributed by atoms with E-state index in [1.54, 1.807) is 13.0 Å². The number of fused-ring (bicyclic) bond motifs is 1. The lowest BCUT2D eigenvalue weighted by molar-refractivity contribution is 0.583. The highest BCUT2D eigenvalue weighted by molar-refractivity contribution is 9.10. The van der Waals surface area contributed by atoms with E-state index in [4.69, 9.17) is 5.26 Å². The third-order valence-electron chi connectivity index (χ3n) is 3.08. The van der Waals surface area contributed by atoms with Gasteiger partial charge in [0.1, 0.15) is 0 Å². The van der Waals surface area contributed by atoms with Gasteiger partial charge in [-0.1, -0.05) is 22.9 Å². The van der Waals surface area contributed by atoms with Gasteiger partial charge >= 0.3 is 0 Å². The Kier molecular flexibility index (Phi) is 3.64. The number of nitrogens with zero attached hydrogens (tertiary/aromatic N) is 2. The zero-order valence-corrected chi connectivity index (χ0v) is 12.3. The maximum Gasteiger partial charge on any atom is 0.251 e. The molecule has 4 nitrogen and oxygen atoms in total. The summed E-state index contributed by atoms with van der Waals surface area (Å²) in [6, 6.07) is 7.41. The van der Waals surface area contributed by atoms with Gasteiger partial charge in [-0.2, -0.15) is 5.26 Å². The van der Waals surface area contributed by atoms with Crippen LogP contribution in [0, 0.1) is 11.3 Å². The predicted molar refractivity (Wildman–Crippen MR) is 73.8 cm³/mol. The van der Waals surface area contributed by atoms with E-state index in [0.29, 0.717) is 25.1 Å². The van der Waals surface area contributed by atoms with E-state index in [1.807, 2.05) is 18.2 Å². The smallest absolute Gasteiger partial charge is 0.251 e. The molecule has 0 bridgehead atoms. The van der Waals surface area contributed by atoms with Crippen LogP contribution in [-0.2, 0) is 16.4 Å². The van der Waals surface area contributed by atoms with Crippen molar-refractivity contribution in [2.75, 3.05) is 10.8 Å². The summed E-state index contributed by atoms with van der Waals surface area (Å²) in [7, 11) is -3.57. The van der Waals surface area contributed by atoms with Crippen LogP contribution in [0.4, 0.5) is 5.69 Å². The quantitative estimate of drug-likeness (QED) is 0.856. The van der Waals surface area contributed by atoms with Crippen molar-refractivity contribution < 1.29 is 8.42 Å². The van der Waals surface area contributed by atoms with Crippen LogP contribution in [0.1, 0.15) is 18.9 Å². The van der Waals surface area contributed by atoms with Crippen molar-refractivity contribution in [2.24, 2.45) is 0 Å². The Morgan fingerprint density at radius 3 is 2.89 bits per heavy atom. The highest BCUT2D eigenvalue weighted by atomic mass is 79.9. The van der Waals surface area contributed by atoms with Crippen molar-refractivity contribution in [1.82, 2.24) is 0 Å². The first kappa shape index (κ1) is 13.4. The predicted octanol–water partition coefficient (Wildman–Crippen LogP) is 2.44.